The average Bonchev–Trinajstić information content (AvgIpc) is 2.47. The monoisotopic (exact) mass is 279 g/mol. The maximum absolute atomic E-state index is 13.5. The maximum atomic E-state index is 13.5. The van der Waals surface area contributed by atoms with Gasteiger partial charge in [-0.1, -0.05) is 18.2 Å². The van der Waals surface area contributed by atoms with Crippen LogP contribution in [0.1, 0.15) is 32.3 Å². The minimum Gasteiger partial charge on any atom is -0.460 e. The second-order valence-corrected chi connectivity index (χ2v) is 5.93. The van der Waals surface area contributed by atoms with Crippen LogP contribution in [0.2, 0.25) is 0 Å². The SMILES string of the molecule is CC(C)(C(=O)OCc1ccccc1F)C1CCCNC1. The molecule has 0 spiro atoms. The van der Waals surface area contributed by atoms with Crippen molar-refractivity contribution in [3.63, 3.8) is 0 Å². The van der Waals surface area contributed by atoms with Crippen LogP contribution in [0.15, 0.2) is 24.3 Å². The zero-order valence-corrected chi connectivity index (χ0v) is 12.1. The normalized spacial score (nSPS) is 19.6. The first-order valence-corrected chi connectivity index (χ1v) is 7.13. The largest absolute Gasteiger partial charge is 0.460 e. The Hall–Kier alpha value is -1.42. The second kappa shape index (κ2) is 6.35. The highest BCUT2D eigenvalue weighted by Gasteiger charge is 2.38. The zero-order chi connectivity index (χ0) is 14.6. The van der Waals surface area contributed by atoms with Gasteiger partial charge in [-0.3, -0.25) is 4.79 Å². The summed E-state index contributed by atoms with van der Waals surface area (Å²) in [6.45, 7) is 5.66. The number of piperidine rings is 1. The van der Waals surface area contributed by atoms with Gasteiger partial charge in [0.2, 0.25) is 0 Å². The number of hydrogen-bond acceptors (Lipinski definition) is 3. The van der Waals surface area contributed by atoms with Gasteiger partial charge in [-0.25, -0.2) is 4.39 Å². The molecule has 0 radical (unpaired) electrons. The lowest BCUT2D eigenvalue weighted by atomic mass is 9.75. The van der Waals surface area contributed by atoms with Crippen LogP contribution in [0.4, 0.5) is 4.39 Å². The molecule has 0 aliphatic carbocycles. The van der Waals surface area contributed by atoms with Crippen molar-refractivity contribution in [1.82, 2.24) is 5.32 Å². The number of rotatable bonds is 4. The lowest BCUT2D eigenvalue weighted by Gasteiger charge is -2.35. The van der Waals surface area contributed by atoms with Gasteiger partial charge in [0.15, 0.2) is 0 Å². The molecule has 1 aromatic carbocycles. The summed E-state index contributed by atoms with van der Waals surface area (Å²) in [5.74, 6) is -0.323. The van der Waals surface area contributed by atoms with E-state index in [4.69, 9.17) is 4.74 Å². The summed E-state index contributed by atoms with van der Waals surface area (Å²) in [5.41, 5.74) is -0.128. The first kappa shape index (κ1) is 15.0. The standard InChI is InChI=1S/C16H22FNO2/c1-16(2,13-7-5-9-18-10-13)15(19)20-11-12-6-3-4-8-14(12)17/h3-4,6,8,13,18H,5,7,9-11H2,1-2H3. The van der Waals surface area contributed by atoms with Crippen LogP contribution in [0.3, 0.4) is 0 Å². The molecule has 1 aliphatic heterocycles. The van der Waals surface area contributed by atoms with Gasteiger partial charge in [0, 0.05) is 5.56 Å². The van der Waals surface area contributed by atoms with E-state index < -0.39 is 5.41 Å². The van der Waals surface area contributed by atoms with Crippen molar-refractivity contribution in [2.45, 2.75) is 33.3 Å². The molecule has 1 atom stereocenters. The molecule has 1 unspecified atom stereocenters. The third kappa shape index (κ3) is 3.37. The fourth-order valence-corrected chi connectivity index (χ4v) is 2.58. The summed E-state index contributed by atoms with van der Waals surface area (Å²) >= 11 is 0. The van der Waals surface area contributed by atoms with E-state index in [1.165, 1.54) is 6.07 Å². The molecule has 0 aromatic heterocycles. The summed E-state index contributed by atoms with van der Waals surface area (Å²) in [6.07, 6.45) is 2.10. The molecule has 1 N–H and O–H groups in total. The lowest BCUT2D eigenvalue weighted by Crippen LogP contribution is -2.43. The molecule has 1 aliphatic rings. The minimum atomic E-state index is -0.543. The highest BCUT2D eigenvalue weighted by atomic mass is 19.1. The van der Waals surface area contributed by atoms with Crippen LogP contribution in [-0.4, -0.2) is 19.1 Å². The first-order valence-electron chi connectivity index (χ1n) is 7.13. The first-order chi connectivity index (χ1) is 9.51. The number of esters is 1. The van der Waals surface area contributed by atoms with Crippen molar-refractivity contribution in [3.8, 4) is 0 Å². The van der Waals surface area contributed by atoms with Gasteiger partial charge in [0.1, 0.15) is 12.4 Å². The number of benzene rings is 1. The van der Waals surface area contributed by atoms with Crippen LogP contribution in [0.25, 0.3) is 0 Å². The molecule has 1 saturated heterocycles. The fourth-order valence-electron chi connectivity index (χ4n) is 2.58. The highest BCUT2D eigenvalue weighted by molar-refractivity contribution is 5.76. The summed E-state index contributed by atoms with van der Waals surface area (Å²) in [6, 6.07) is 6.37. The molecule has 1 fully saturated rings. The summed E-state index contributed by atoms with van der Waals surface area (Å²) in [4.78, 5) is 12.3. The number of halogens is 1. The Balaban J connectivity index is 1.95. The van der Waals surface area contributed by atoms with Crippen molar-refractivity contribution < 1.29 is 13.9 Å². The van der Waals surface area contributed by atoms with Gasteiger partial charge in [-0.2, -0.15) is 0 Å². The van der Waals surface area contributed by atoms with E-state index in [-0.39, 0.29) is 24.3 Å². The second-order valence-electron chi connectivity index (χ2n) is 5.93. The van der Waals surface area contributed by atoms with Crippen molar-refractivity contribution in [2.24, 2.45) is 11.3 Å². The van der Waals surface area contributed by atoms with E-state index in [0.717, 1.165) is 25.9 Å². The van der Waals surface area contributed by atoms with Crippen LogP contribution in [0.5, 0.6) is 0 Å². The van der Waals surface area contributed by atoms with Crippen LogP contribution in [0, 0.1) is 17.2 Å². The van der Waals surface area contributed by atoms with Crippen molar-refractivity contribution >= 4 is 5.97 Å². The molecular weight excluding hydrogens is 257 g/mol. The molecule has 3 nitrogen and oxygen atoms in total. The Kier molecular flexibility index (Phi) is 4.76. The fraction of sp³-hybridized carbons (Fsp3) is 0.562. The van der Waals surface area contributed by atoms with Gasteiger partial charge in [0.25, 0.3) is 0 Å². The minimum absolute atomic E-state index is 0.00488. The third-order valence-corrected chi connectivity index (χ3v) is 4.16. The quantitative estimate of drug-likeness (QED) is 0.861. The molecule has 2 rings (SSSR count). The molecule has 1 aromatic rings. The molecule has 0 bridgehead atoms. The molecule has 1 heterocycles. The Bertz CT molecular complexity index is 467. The van der Waals surface area contributed by atoms with Crippen LogP contribution < -0.4 is 5.32 Å². The van der Waals surface area contributed by atoms with Gasteiger partial charge in [-0.15, -0.1) is 0 Å². The summed E-state index contributed by atoms with van der Waals surface area (Å²) < 4.78 is 18.8. The third-order valence-electron chi connectivity index (χ3n) is 4.16. The van der Waals surface area contributed by atoms with Crippen LogP contribution in [-0.2, 0) is 16.1 Å². The van der Waals surface area contributed by atoms with E-state index in [1.54, 1.807) is 18.2 Å². The van der Waals surface area contributed by atoms with E-state index in [2.05, 4.69) is 5.32 Å². The topological polar surface area (TPSA) is 38.3 Å². The smallest absolute Gasteiger partial charge is 0.312 e. The average molecular weight is 279 g/mol. The van der Waals surface area contributed by atoms with Crippen molar-refractivity contribution in [3.05, 3.63) is 35.6 Å². The molecule has 4 heteroatoms. The number of ether oxygens (including phenoxy) is 1. The predicted molar refractivity (Wildman–Crippen MR) is 75.6 cm³/mol. The lowest BCUT2D eigenvalue weighted by molar-refractivity contribution is -0.159. The van der Waals surface area contributed by atoms with Gasteiger partial charge in [-0.05, 0) is 51.8 Å². The van der Waals surface area contributed by atoms with E-state index in [0.29, 0.717) is 5.56 Å². The van der Waals surface area contributed by atoms with Crippen LogP contribution >= 0.6 is 0 Å². The molecular formula is C16H22FNO2. The van der Waals surface area contributed by atoms with E-state index >= 15 is 0 Å². The molecule has 0 saturated carbocycles. The zero-order valence-electron chi connectivity index (χ0n) is 12.1. The maximum Gasteiger partial charge on any atom is 0.312 e. The van der Waals surface area contributed by atoms with Gasteiger partial charge < -0.3 is 10.1 Å². The summed E-state index contributed by atoms with van der Waals surface area (Å²) in [5, 5.41) is 3.31. The Morgan fingerprint density at radius 3 is 2.85 bits per heavy atom. The molecule has 20 heavy (non-hydrogen) atoms. The number of nitrogens with one attached hydrogen (secondary N) is 1. The number of hydrogen-bond donors (Lipinski definition) is 1. The van der Waals surface area contributed by atoms with E-state index in [9.17, 15) is 9.18 Å². The molecule has 110 valence electrons. The Morgan fingerprint density at radius 2 is 2.20 bits per heavy atom. The highest BCUT2D eigenvalue weighted by Crippen LogP contribution is 2.33. The molecule has 0 amide bonds. The number of carbonyl (C=O) groups excluding carboxylic acids is 1. The van der Waals surface area contributed by atoms with Crippen molar-refractivity contribution in [2.75, 3.05) is 13.1 Å². The van der Waals surface area contributed by atoms with Gasteiger partial charge >= 0.3 is 5.97 Å². The van der Waals surface area contributed by atoms with Gasteiger partial charge in [0.05, 0.1) is 5.41 Å². The Labute approximate surface area is 119 Å². The predicted octanol–water partition coefficient (Wildman–Crippen LogP) is 2.89. The Morgan fingerprint density at radius 1 is 1.45 bits per heavy atom. The van der Waals surface area contributed by atoms with Crippen molar-refractivity contribution in [1.29, 1.82) is 0 Å². The van der Waals surface area contributed by atoms with E-state index in [1.807, 2.05) is 13.8 Å². The number of carbonyl (C=O) groups is 1. The summed E-state index contributed by atoms with van der Waals surface area (Å²) in [7, 11) is 0.